The fraction of sp³-hybridized carbons (Fsp3) is 0.583. The Balaban J connectivity index is 2.05. The number of ether oxygens (including phenoxy) is 1. The van der Waals surface area contributed by atoms with Gasteiger partial charge in [0.25, 0.3) is 0 Å². The van der Waals surface area contributed by atoms with Gasteiger partial charge in [-0.25, -0.2) is 4.98 Å². The summed E-state index contributed by atoms with van der Waals surface area (Å²) in [6.07, 6.45) is 3.36. The average Bonchev–Trinajstić information content (AvgIpc) is 2.39. The minimum Gasteiger partial charge on any atom is -0.391 e. The molecule has 1 saturated heterocycles. The first-order valence-corrected chi connectivity index (χ1v) is 6.98. The summed E-state index contributed by atoms with van der Waals surface area (Å²) in [5.74, 6) is 0. The lowest BCUT2D eigenvalue weighted by Crippen LogP contribution is -2.47. The zero-order chi connectivity index (χ0) is 12.3. The van der Waals surface area contributed by atoms with Gasteiger partial charge in [0.15, 0.2) is 0 Å². The molecular formula is C12H18N2O2S. The molecule has 0 aromatic carbocycles. The fourth-order valence-corrected chi connectivity index (χ4v) is 2.24. The van der Waals surface area contributed by atoms with Crippen LogP contribution in [-0.4, -0.2) is 48.3 Å². The van der Waals surface area contributed by atoms with Crippen molar-refractivity contribution in [2.24, 2.45) is 0 Å². The van der Waals surface area contributed by atoms with E-state index in [1.165, 1.54) is 0 Å². The van der Waals surface area contributed by atoms with Crippen molar-refractivity contribution in [1.82, 2.24) is 4.98 Å². The van der Waals surface area contributed by atoms with Gasteiger partial charge in [-0.05, 0) is 25.3 Å². The first-order valence-electron chi connectivity index (χ1n) is 5.75. The maximum atomic E-state index is 9.55. The van der Waals surface area contributed by atoms with Crippen LogP contribution in [0, 0.1) is 0 Å². The van der Waals surface area contributed by atoms with Crippen LogP contribution in [0.1, 0.15) is 6.92 Å². The molecule has 2 rings (SSSR count). The second-order valence-electron chi connectivity index (χ2n) is 4.15. The van der Waals surface area contributed by atoms with Gasteiger partial charge < -0.3 is 14.7 Å². The Labute approximate surface area is 106 Å². The van der Waals surface area contributed by atoms with Gasteiger partial charge in [-0.1, -0.05) is 0 Å². The summed E-state index contributed by atoms with van der Waals surface area (Å²) >= 11 is 1.64. The Morgan fingerprint density at radius 3 is 3.00 bits per heavy atom. The predicted molar refractivity (Wildman–Crippen MR) is 69.7 cm³/mol. The van der Waals surface area contributed by atoms with Gasteiger partial charge >= 0.3 is 0 Å². The molecule has 1 unspecified atom stereocenters. The van der Waals surface area contributed by atoms with Gasteiger partial charge in [0, 0.05) is 13.1 Å². The van der Waals surface area contributed by atoms with Crippen LogP contribution < -0.4 is 4.90 Å². The number of morpholine rings is 1. The lowest BCUT2D eigenvalue weighted by atomic mass is 10.2. The zero-order valence-electron chi connectivity index (χ0n) is 10.2. The largest absolute Gasteiger partial charge is 0.391 e. The van der Waals surface area contributed by atoms with Gasteiger partial charge in [-0.3, -0.25) is 0 Å². The number of hydrogen-bond donors (Lipinski definition) is 1. The molecule has 0 saturated carbocycles. The zero-order valence-corrected chi connectivity index (χ0v) is 11.0. The van der Waals surface area contributed by atoms with Crippen LogP contribution in [0.25, 0.3) is 0 Å². The van der Waals surface area contributed by atoms with Crippen LogP contribution in [-0.2, 0) is 4.74 Å². The lowest BCUT2D eigenvalue weighted by Gasteiger charge is -2.35. The highest BCUT2D eigenvalue weighted by molar-refractivity contribution is 7.98. The number of thioether (sulfide) groups is 1. The van der Waals surface area contributed by atoms with Crippen molar-refractivity contribution in [3.05, 3.63) is 18.3 Å². The number of pyridine rings is 1. The van der Waals surface area contributed by atoms with Crippen molar-refractivity contribution < 1.29 is 9.84 Å². The van der Waals surface area contributed by atoms with E-state index >= 15 is 0 Å². The number of rotatable bonds is 3. The minimum absolute atomic E-state index is 0.107. The summed E-state index contributed by atoms with van der Waals surface area (Å²) < 4.78 is 5.52. The summed E-state index contributed by atoms with van der Waals surface area (Å²) in [4.78, 5) is 6.57. The molecular weight excluding hydrogens is 236 g/mol. The first kappa shape index (κ1) is 12.7. The molecule has 1 aromatic rings. The maximum absolute atomic E-state index is 9.55. The molecule has 0 spiro atoms. The molecule has 1 N–H and O–H groups in total. The predicted octanol–water partition coefficient (Wildman–Crippen LogP) is 1.39. The molecule has 2 atom stereocenters. The molecule has 0 radical (unpaired) electrons. The third-order valence-electron chi connectivity index (χ3n) is 2.93. The Morgan fingerprint density at radius 1 is 1.59 bits per heavy atom. The monoisotopic (exact) mass is 254 g/mol. The summed E-state index contributed by atoms with van der Waals surface area (Å²) in [6.45, 7) is 3.99. The maximum Gasteiger partial charge on any atom is 0.101 e. The molecule has 0 amide bonds. The van der Waals surface area contributed by atoms with E-state index in [-0.39, 0.29) is 6.10 Å². The van der Waals surface area contributed by atoms with Crippen LogP contribution in [0.5, 0.6) is 0 Å². The smallest absolute Gasteiger partial charge is 0.101 e. The van der Waals surface area contributed by atoms with Crippen LogP contribution in [0.3, 0.4) is 0 Å². The highest BCUT2D eigenvalue weighted by Gasteiger charge is 2.24. The first-order chi connectivity index (χ1) is 8.20. The second-order valence-corrected chi connectivity index (χ2v) is 4.98. The molecule has 94 valence electrons. The molecule has 4 nitrogen and oxygen atoms in total. The van der Waals surface area contributed by atoms with Gasteiger partial charge in [-0.2, -0.15) is 0 Å². The highest BCUT2D eigenvalue weighted by atomic mass is 32.2. The summed E-state index contributed by atoms with van der Waals surface area (Å²) in [7, 11) is 0. The Morgan fingerprint density at radius 2 is 2.41 bits per heavy atom. The van der Waals surface area contributed by atoms with Crippen LogP contribution in [0.2, 0.25) is 0 Å². The minimum atomic E-state index is -0.434. The average molecular weight is 254 g/mol. The standard InChI is InChI=1S/C12H18N2O2S/c1-9(15)11-8-14(5-6-16-11)10-3-4-12(17-2)13-7-10/h3-4,7,9,11,15H,5-6,8H2,1-2H3/t9-,11?/m0/s1. The lowest BCUT2D eigenvalue weighted by molar-refractivity contribution is -0.0364. The summed E-state index contributed by atoms with van der Waals surface area (Å²) in [5, 5.41) is 10.6. The van der Waals surface area contributed by atoms with E-state index in [4.69, 9.17) is 4.74 Å². The van der Waals surface area contributed by atoms with Gasteiger partial charge in [-0.15, -0.1) is 11.8 Å². The normalized spacial score (nSPS) is 22.5. The fourth-order valence-electron chi connectivity index (χ4n) is 1.88. The molecule has 2 heterocycles. The van der Waals surface area contributed by atoms with E-state index in [2.05, 4.69) is 16.0 Å². The van der Waals surface area contributed by atoms with Crippen molar-refractivity contribution in [3.8, 4) is 0 Å². The highest BCUT2D eigenvalue weighted by Crippen LogP contribution is 2.20. The van der Waals surface area contributed by atoms with Gasteiger partial charge in [0.2, 0.25) is 0 Å². The van der Waals surface area contributed by atoms with Gasteiger partial charge in [0.05, 0.1) is 29.6 Å². The third kappa shape index (κ3) is 3.12. The van der Waals surface area contributed by atoms with Crippen LogP contribution >= 0.6 is 11.8 Å². The molecule has 5 heteroatoms. The second kappa shape index (κ2) is 5.71. The van der Waals surface area contributed by atoms with Crippen molar-refractivity contribution in [2.45, 2.75) is 24.2 Å². The van der Waals surface area contributed by atoms with E-state index in [1.807, 2.05) is 18.5 Å². The molecule has 0 bridgehead atoms. The van der Waals surface area contributed by atoms with Gasteiger partial charge in [0.1, 0.15) is 6.10 Å². The van der Waals surface area contributed by atoms with Crippen LogP contribution in [0.15, 0.2) is 23.4 Å². The molecule has 1 aromatic heterocycles. The summed E-state index contributed by atoms with van der Waals surface area (Å²) in [5.41, 5.74) is 1.09. The molecule has 0 aliphatic carbocycles. The van der Waals surface area contributed by atoms with Crippen molar-refractivity contribution >= 4 is 17.4 Å². The van der Waals surface area contributed by atoms with E-state index in [9.17, 15) is 5.11 Å². The molecule has 17 heavy (non-hydrogen) atoms. The number of hydrogen-bond acceptors (Lipinski definition) is 5. The summed E-state index contributed by atoms with van der Waals surface area (Å²) in [6, 6.07) is 4.09. The van der Waals surface area contributed by atoms with E-state index in [0.29, 0.717) is 6.61 Å². The number of nitrogens with zero attached hydrogens (tertiary/aromatic N) is 2. The quantitative estimate of drug-likeness (QED) is 0.826. The number of aliphatic hydroxyl groups excluding tert-OH is 1. The number of anilines is 1. The van der Waals surface area contributed by atoms with E-state index in [0.717, 1.165) is 23.8 Å². The van der Waals surface area contributed by atoms with E-state index < -0.39 is 6.10 Å². The van der Waals surface area contributed by atoms with Crippen molar-refractivity contribution in [2.75, 3.05) is 30.9 Å². The third-order valence-corrected chi connectivity index (χ3v) is 3.59. The Bertz CT molecular complexity index is 356. The molecule has 1 aliphatic heterocycles. The number of aliphatic hydroxyl groups is 1. The Hall–Kier alpha value is -0.780. The topological polar surface area (TPSA) is 45.6 Å². The number of aromatic nitrogens is 1. The molecule has 1 fully saturated rings. The van der Waals surface area contributed by atoms with Crippen molar-refractivity contribution in [1.29, 1.82) is 0 Å². The molecule has 1 aliphatic rings. The SMILES string of the molecule is CSc1ccc(N2CCOC([C@H](C)O)C2)cn1. The van der Waals surface area contributed by atoms with E-state index in [1.54, 1.807) is 18.7 Å². The Kier molecular flexibility index (Phi) is 4.25. The van der Waals surface area contributed by atoms with Crippen LogP contribution in [0.4, 0.5) is 5.69 Å². The van der Waals surface area contributed by atoms with Crippen molar-refractivity contribution in [3.63, 3.8) is 0 Å².